The van der Waals surface area contributed by atoms with E-state index in [2.05, 4.69) is 58.6 Å². The summed E-state index contributed by atoms with van der Waals surface area (Å²) in [6.07, 6.45) is 0. The topological polar surface area (TPSA) is 95.9 Å². The molecule has 0 spiro atoms. The maximum Gasteiger partial charge on any atom is 0.284 e. The van der Waals surface area contributed by atoms with E-state index in [1.165, 1.54) is 5.56 Å². The molecule has 4 N–H and O–H groups in total. The lowest BCUT2D eigenvalue weighted by molar-refractivity contribution is 0.0972. The third-order valence-electron chi connectivity index (χ3n) is 4.54. The number of guanidine groups is 1. The fourth-order valence-electron chi connectivity index (χ4n) is 3.08. The van der Waals surface area contributed by atoms with Gasteiger partial charge in [-0.1, -0.05) is 44.2 Å². The number of amides is 1. The highest BCUT2D eigenvalue weighted by atomic mass is 127. The van der Waals surface area contributed by atoms with Gasteiger partial charge in [0.15, 0.2) is 11.7 Å². The number of nitrogens with two attached hydrogens (primary N) is 1. The summed E-state index contributed by atoms with van der Waals surface area (Å²) in [5.41, 5.74) is 6.49. The number of likely N-dealkylation sites (N-methyl/N-ethyl adjacent to an activating group) is 1. The Kier molecular flexibility index (Phi) is 11.4. The molecular formula is C21H32IN5O2. The number of hydrogen-bond acceptors (Lipinski definition) is 4. The monoisotopic (exact) mass is 513 g/mol. The lowest BCUT2D eigenvalue weighted by atomic mass is 10.1. The molecule has 1 heterocycles. The van der Waals surface area contributed by atoms with Crippen LogP contribution < -0.4 is 16.4 Å². The van der Waals surface area contributed by atoms with Gasteiger partial charge in [-0.3, -0.25) is 9.69 Å². The van der Waals surface area contributed by atoms with E-state index in [1.54, 1.807) is 12.1 Å². The number of carbonyl (C=O) groups excluding carboxylic acids is 1. The minimum Gasteiger partial charge on any atom is -0.454 e. The number of halogens is 1. The lowest BCUT2D eigenvalue weighted by Crippen LogP contribution is -2.43. The van der Waals surface area contributed by atoms with Crippen LogP contribution in [0.15, 0.2) is 51.9 Å². The molecule has 0 aliphatic carbocycles. The van der Waals surface area contributed by atoms with Gasteiger partial charge < -0.3 is 20.8 Å². The molecule has 0 saturated heterocycles. The van der Waals surface area contributed by atoms with Crippen LogP contribution in [-0.4, -0.2) is 42.9 Å². The van der Waals surface area contributed by atoms with Crippen LogP contribution in [0, 0.1) is 0 Å². The number of nitrogens with zero attached hydrogens (tertiary/aromatic N) is 2. The molecule has 1 aromatic heterocycles. The van der Waals surface area contributed by atoms with Crippen LogP contribution in [0.5, 0.6) is 0 Å². The maximum absolute atomic E-state index is 11.2. The summed E-state index contributed by atoms with van der Waals surface area (Å²) in [4.78, 5) is 18.1. The Morgan fingerprint density at radius 1 is 1.10 bits per heavy atom. The number of aliphatic imine (C=N–C) groups is 1. The highest BCUT2D eigenvalue weighted by Gasteiger charge is 2.18. The molecule has 7 nitrogen and oxygen atoms in total. The van der Waals surface area contributed by atoms with E-state index < -0.39 is 5.91 Å². The largest absolute Gasteiger partial charge is 0.454 e. The molecule has 0 bridgehead atoms. The minimum atomic E-state index is -0.579. The van der Waals surface area contributed by atoms with Gasteiger partial charge in [-0.05, 0) is 37.7 Å². The van der Waals surface area contributed by atoms with Crippen LogP contribution in [-0.2, 0) is 6.54 Å². The van der Waals surface area contributed by atoms with Crippen LogP contribution in [0.1, 0.15) is 48.7 Å². The molecule has 1 amide bonds. The van der Waals surface area contributed by atoms with Crippen molar-refractivity contribution < 1.29 is 9.21 Å². The van der Waals surface area contributed by atoms with Gasteiger partial charge in [0.05, 0.1) is 6.04 Å². The molecule has 1 unspecified atom stereocenters. The predicted octanol–water partition coefficient (Wildman–Crippen LogP) is 3.13. The van der Waals surface area contributed by atoms with Crippen molar-refractivity contribution in [2.24, 2.45) is 10.7 Å². The van der Waals surface area contributed by atoms with Crippen LogP contribution in [0.2, 0.25) is 0 Å². The van der Waals surface area contributed by atoms with Crippen molar-refractivity contribution in [1.82, 2.24) is 15.5 Å². The Balaban J connectivity index is 0.00000420. The Morgan fingerprint density at radius 3 is 2.34 bits per heavy atom. The van der Waals surface area contributed by atoms with Crippen molar-refractivity contribution in [2.45, 2.75) is 33.4 Å². The molecule has 2 aromatic rings. The smallest absolute Gasteiger partial charge is 0.284 e. The van der Waals surface area contributed by atoms with Crippen molar-refractivity contribution in [2.75, 3.05) is 26.2 Å². The molecule has 0 aliphatic heterocycles. The van der Waals surface area contributed by atoms with Crippen LogP contribution in [0.3, 0.4) is 0 Å². The Labute approximate surface area is 190 Å². The van der Waals surface area contributed by atoms with Gasteiger partial charge in [-0.25, -0.2) is 4.99 Å². The van der Waals surface area contributed by atoms with E-state index in [0.29, 0.717) is 18.3 Å². The molecule has 160 valence electrons. The average Bonchev–Trinajstić information content (AvgIpc) is 3.19. The fraction of sp³-hybridized carbons (Fsp3) is 0.429. The Hall–Kier alpha value is -2.07. The molecule has 0 radical (unpaired) electrons. The highest BCUT2D eigenvalue weighted by Crippen LogP contribution is 2.19. The van der Waals surface area contributed by atoms with E-state index in [9.17, 15) is 4.79 Å². The number of benzene rings is 1. The second kappa shape index (κ2) is 13.2. The van der Waals surface area contributed by atoms with E-state index >= 15 is 0 Å². The molecular weight excluding hydrogens is 481 g/mol. The predicted molar refractivity (Wildman–Crippen MR) is 128 cm³/mol. The summed E-state index contributed by atoms with van der Waals surface area (Å²) >= 11 is 0. The van der Waals surface area contributed by atoms with Crippen molar-refractivity contribution >= 4 is 35.8 Å². The number of rotatable bonds is 10. The van der Waals surface area contributed by atoms with Crippen molar-refractivity contribution in [3.8, 4) is 0 Å². The summed E-state index contributed by atoms with van der Waals surface area (Å²) in [5.74, 6) is 0.862. The maximum atomic E-state index is 11.2. The zero-order valence-corrected chi connectivity index (χ0v) is 19.7. The molecule has 2 rings (SSSR count). The Morgan fingerprint density at radius 2 is 1.79 bits per heavy atom. The minimum absolute atomic E-state index is 0. The Bertz CT molecular complexity index is 759. The van der Waals surface area contributed by atoms with Gasteiger partial charge in [0.2, 0.25) is 0 Å². The molecule has 1 aromatic carbocycles. The first kappa shape index (κ1) is 25.0. The number of nitrogens with one attached hydrogen (secondary N) is 2. The van der Waals surface area contributed by atoms with Gasteiger partial charge in [0.1, 0.15) is 12.3 Å². The van der Waals surface area contributed by atoms with Crippen molar-refractivity contribution in [3.63, 3.8) is 0 Å². The number of primary amides is 1. The number of carbonyl (C=O) groups is 1. The number of hydrogen-bond donors (Lipinski definition) is 3. The van der Waals surface area contributed by atoms with Gasteiger partial charge >= 0.3 is 0 Å². The van der Waals surface area contributed by atoms with E-state index in [4.69, 9.17) is 10.2 Å². The van der Waals surface area contributed by atoms with Crippen LogP contribution >= 0.6 is 24.0 Å². The highest BCUT2D eigenvalue weighted by molar-refractivity contribution is 14.0. The molecule has 8 heteroatoms. The third-order valence-corrected chi connectivity index (χ3v) is 4.54. The zero-order chi connectivity index (χ0) is 20.4. The summed E-state index contributed by atoms with van der Waals surface area (Å²) in [5, 5.41) is 6.68. The van der Waals surface area contributed by atoms with E-state index in [0.717, 1.165) is 26.2 Å². The van der Waals surface area contributed by atoms with E-state index in [-0.39, 0.29) is 35.8 Å². The quantitative estimate of drug-likeness (QED) is 0.258. The third kappa shape index (κ3) is 7.69. The zero-order valence-electron chi connectivity index (χ0n) is 17.4. The molecule has 0 fully saturated rings. The molecule has 1 atom stereocenters. The van der Waals surface area contributed by atoms with Crippen LogP contribution in [0.4, 0.5) is 0 Å². The summed E-state index contributed by atoms with van der Waals surface area (Å²) in [6, 6.07) is 14.0. The van der Waals surface area contributed by atoms with Crippen molar-refractivity contribution in [1.29, 1.82) is 0 Å². The average molecular weight is 513 g/mol. The van der Waals surface area contributed by atoms with Crippen molar-refractivity contribution in [3.05, 3.63) is 59.5 Å². The van der Waals surface area contributed by atoms with Gasteiger partial charge in [-0.2, -0.15) is 0 Å². The summed E-state index contributed by atoms with van der Waals surface area (Å²) < 4.78 is 5.40. The molecule has 0 aliphatic rings. The molecule has 29 heavy (non-hydrogen) atoms. The SMILES string of the molecule is CCNC(=NCc1ccc(C(N)=O)o1)NCC(c1ccccc1)N(CC)CC.I. The number of furan rings is 1. The first-order valence-corrected chi connectivity index (χ1v) is 9.78. The van der Waals surface area contributed by atoms with Gasteiger partial charge in [-0.15, -0.1) is 24.0 Å². The van der Waals surface area contributed by atoms with Gasteiger partial charge in [0, 0.05) is 13.1 Å². The first-order chi connectivity index (χ1) is 13.6. The first-order valence-electron chi connectivity index (χ1n) is 9.78. The second-order valence-corrected chi connectivity index (χ2v) is 6.35. The summed E-state index contributed by atoms with van der Waals surface area (Å²) in [7, 11) is 0. The fourth-order valence-corrected chi connectivity index (χ4v) is 3.08. The van der Waals surface area contributed by atoms with E-state index in [1.807, 2.05) is 13.0 Å². The van der Waals surface area contributed by atoms with Gasteiger partial charge in [0.25, 0.3) is 5.91 Å². The standard InChI is InChI=1S/C21H31N5O2.HI/c1-4-23-21(24-14-17-12-13-19(28-17)20(22)27)25-15-18(26(5-2)6-3)16-10-8-7-9-11-16;/h7-13,18H,4-6,14-15H2,1-3H3,(H2,22,27)(H2,23,24,25);1H. The lowest BCUT2D eigenvalue weighted by Gasteiger charge is -2.30. The summed E-state index contributed by atoms with van der Waals surface area (Å²) in [6.45, 7) is 10.1. The van der Waals surface area contributed by atoms with Crippen LogP contribution in [0.25, 0.3) is 0 Å². The second-order valence-electron chi connectivity index (χ2n) is 6.35. The normalized spacial score (nSPS) is 12.3. The molecule has 0 saturated carbocycles.